The van der Waals surface area contributed by atoms with Crippen LogP contribution < -0.4 is 15.8 Å². The van der Waals surface area contributed by atoms with Gasteiger partial charge in [0.1, 0.15) is 11.9 Å². The number of nitrogens with zero attached hydrogens (tertiary/aromatic N) is 1. The standard InChI is InChI=1S/C30H32ClN3O2/c1-19-17-21(31)7-12-27(19)33-22-8-5-20(6-9-22)30-29(32)26-11-10-25(36-24-13-15-35-16-14-24)18-28(26)34(30)23-3-2-4-23/h5-12,17-18,23-24,33H,2-4,13-16,32H2,1H3. The minimum Gasteiger partial charge on any atom is -0.490 e. The van der Waals surface area contributed by atoms with Crippen molar-refractivity contribution in [2.75, 3.05) is 24.3 Å². The maximum absolute atomic E-state index is 6.81. The normalized spacial score (nSPS) is 16.7. The lowest BCUT2D eigenvalue weighted by atomic mass is 9.92. The van der Waals surface area contributed by atoms with E-state index in [4.69, 9.17) is 26.8 Å². The topological polar surface area (TPSA) is 61.4 Å². The van der Waals surface area contributed by atoms with Crippen molar-refractivity contribution in [3.63, 3.8) is 0 Å². The zero-order chi connectivity index (χ0) is 24.6. The Morgan fingerprint density at radius 1 is 0.972 bits per heavy atom. The highest BCUT2D eigenvalue weighted by Gasteiger charge is 2.27. The number of halogens is 1. The van der Waals surface area contributed by atoms with Gasteiger partial charge in [0, 0.05) is 52.3 Å². The van der Waals surface area contributed by atoms with Gasteiger partial charge in [-0.2, -0.15) is 0 Å². The smallest absolute Gasteiger partial charge is 0.121 e. The summed E-state index contributed by atoms with van der Waals surface area (Å²) >= 11 is 6.12. The van der Waals surface area contributed by atoms with Crippen LogP contribution in [0, 0.1) is 6.92 Å². The van der Waals surface area contributed by atoms with E-state index in [1.54, 1.807) is 0 Å². The van der Waals surface area contributed by atoms with Crippen molar-refractivity contribution in [2.24, 2.45) is 0 Å². The van der Waals surface area contributed by atoms with E-state index in [1.165, 1.54) is 19.3 Å². The predicted molar refractivity (Wildman–Crippen MR) is 149 cm³/mol. The first kappa shape index (κ1) is 23.3. The Labute approximate surface area is 217 Å². The Morgan fingerprint density at radius 2 is 1.75 bits per heavy atom. The van der Waals surface area contributed by atoms with Crippen LogP contribution >= 0.6 is 11.6 Å². The molecular weight excluding hydrogens is 470 g/mol. The van der Waals surface area contributed by atoms with Gasteiger partial charge in [0.15, 0.2) is 0 Å². The fourth-order valence-corrected chi connectivity index (χ4v) is 5.56. The summed E-state index contributed by atoms with van der Waals surface area (Å²) in [7, 11) is 0. The lowest BCUT2D eigenvalue weighted by Crippen LogP contribution is -2.25. The third-order valence-electron chi connectivity index (χ3n) is 7.55. The fourth-order valence-electron chi connectivity index (χ4n) is 5.33. The molecule has 1 saturated carbocycles. The highest BCUT2D eigenvalue weighted by Crippen LogP contribution is 2.45. The molecule has 36 heavy (non-hydrogen) atoms. The van der Waals surface area contributed by atoms with Gasteiger partial charge in [-0.1, -0.05) is 23.7 Å². The molecule has 3 aromatic carbocycles. The largest absolute Gasteiger partial charge is 0.490 e. The lowest BCUT2D eigenvalue weighted by molar-refractivity contribution is 0.0256. The number of nitrogens with one attached hydrogen (secondary N) is 1. The molecule has 2 fully saturated rings. The third kappa shape index (κ3) is 4.42. The zero-order valence-corrected chi connectivity index (χ0v) is 21.4. The van der Waals surface area contributed by atoms with E-state index in [2.05, 4.69) is 59.3 Å². The molecule has 0 atom stereocenters. The average molecular weight is 502 g/mol. The molecule has 186 valence electrons. The van der Waals surface area contributed by atoms with Gasteiger partial charge in [-0.15, -0.1) is 0 Å². The van der Waals surface area contributed by atoms with Crippen LogP contribution in [-0.4, -0.2) is 23.9 Å². The van der Waals surface area contributed by atoms with Crippen molar-refractivity contribution < 1.29 is 9.47 Å². The van der Waals surface area contributed by atoms with Gasteiger partial charge in [-0.3, -0.25) is 0 Å². The molecule has 1 aromatic heterocycles. The second kappa shape index (κ2) is 9.72. The Balaban J connectivity index is 1.34. The van der Waals surface area contributed by atoms with Gasteiger partial charge < -0.3 is 25.1 Å². The highest BCUT2D eigenvalue weighted by molar-refractivity contribution is 6.30. The lowest BCUT2D eigenvalue weighted by Gasteiger charge is -2.30. The summed E-state index contributed by atoms with van der Waals surface area (Å²) in [5, 5.41) is 5.34. The molecule has 3 N–H and O–H groups in total. The minimum atomic E-state index is 0.212. The van der Waals surface area contributed by atoms with Crippen molar-refractivity contribution in [3.05, 3.63) is 71.2 Å². The second-order valence-corrected chi connectivity index (χ2v) is 10.4. The average Bonchev–Trinajstić information content (AvgIpc) is 3.12. The molecule has 0 spiro atoms. The number of nitrogens with two attached hydrogens (primary N) is 1. The van der Waals surface area contributed by atoms with E-state index >= 15 is 0 Å². The number of aromatic nitrogens is 1. The number of ether oxygens (including phenoxy) is 2. The number of benzene rings is 3. The zero-order valence-electron chi connectivity index (χ0n) is 20.6. The van der Waals surface area contributed by atoms with Crippen LogP contribution in [-0.2, 0) is 4.74 Å². The van der Waals surface area contributed by atoms with Gasteiger partial charge in [0.25, 0.3) is 0 Å². The van der Waals surface area contributed by atoms with Crippen LogP contribution in [0.15, 0.2) is 60.7 Å². The predicted octanol–water partition coefficient (Wildman–Crippen LogP) is 7.88. The number of hydrogen-bond donors (Lipinski definition) is 2. The summed E-state index contributed by atoms with van der Waals surface area (Å²) in [5.74, 6) is 0.914. The molecule has 1 saturated heterocycles. The summed E-state index contributed by atoms with van der Waals surface area (Å²) in [4.78, 5) is 0. The Kier molecular flexibility index (Phi) is 6.28. The fraction of sp³-hybridized carbons (Fsp3) is 0.333. The molecule has 4 aromatic rings. The first-order chi connectivity index (χ1) is 17.6. The van der Waals surface area contributed by atoms with Gasteiger partial charge >= 0.3 is 0 Å². The molecule has 2 heterocycles. The maximum atomic E-state index is 6.81. The molecule has 0 radical (unpaired) electrons. The monoisotopic (exact) mass is 501 g/mol. The molecule has 1 aliphatic carbocycles. The van der Waals surface area contributed by atoms with Gasteiger partial charge in [-0.05, 0) is 74.2 Å². The third-order valence-corrected chi connectivity index (χ3v) is 7.79. The minimum absolute atomic E-state index is 0.212. The van der Waals surface area contributed by atoms with E-state index in [1.807, 2.05) is 18.2 Å². The highest BCUT2D eigenvalue weighted by atomic mass is 35.5. The van der Waals surface area contributed by atoms with Crippen molar-refractivity contribution in [2.45, 2.75) is 51.2 Å². The molecular formula is C30H32ClN3O2. The molecule has 5 nitrogen and oxygen atoms in total. The first-order valence-corrected chi connectivity index (χ1v) is 13.3. The molecule has 1 aliphatic heterocycles. The Hall–Kier alpha value is -3.15. The summed E-state index contributed by atoms with van der Waals surface area (Å²) in [6.07, 6.45) is 5.69. The number of nitrogen functional groups attached to an aromatic ring is 1. The van der Waals surface area contributed by atoms with Gasteiger partial charge in [-0.25, -0.2) is 0 Å². The van der Waals surface area contributed by atoms with Crippen LogP contribution in [0.5, 0.6) is 5.75 Å². The first-order valence-electron chi connectivity index (χ1n) is 12.9. The summed E-state index contributed by atoms with van der Waals surface area (Å²) in [6, 6.07) is 21.3. The van der Waals surface area contributed by atoms with Crippen molar-refractivity contribution >= 4 is 39.6 Å². The number of hydrogen-bond acceptors (Lipinski definition) is 4. The SMILES string of the molecule is Cc1cc(Cl)ccc1Nc1ccc(-c2c(N)c3ccc(OC4CCOCC4)cc3n2C2CCC2)cc1. The van der Waals surface area contributed by atoms with E-state index in [-0.39, 0.29) is 6.10 Å². The molecule has 0 amide bonds. The van der Waals surface area contributed by atoms with Crippen LogP contribution in [0.1, 0.15) is 43.7 Å². The maximum Gasteiger partial charge on any atom is 0.121 e. The Bertz CT molecular complexity index is 1390. The summed E-state index contributed by atoms with van der Waals surface area (Å²) in [5.41, 5.74) is 14.2. The molecule has 6 heteroatoms. The van der Waals surface area contributed by atoms with Crippen molar-refractivity contribution in [1.82, 2.24) is 4.57 Å². The van der Waals surface area contributed by atoms with E-state index in [0.29, 0.717) is 6.04 Å². The summed E-state index contributed by atoms with van der Waals surface area (Å²) in [6.45, 7) is 3.59. The molecule has 0 bridgehead atoms. The Morgan fingerprint density at radius 3 is 2.44 bits per heavy atom. The second-order valence-electron chi connectivity index (χ2n) is 9.99. The van der Waals surface area contributed by atoms with Crippen LogP contribution in [0.3, 0.4) is 0 Å². The number of rotatable bonds is 6. The molecule has 2 aliphatic rings. The van der Waals surface area contributed by atoms with E-state index in [0.717, 1.165) is 81.6 Å². The molecule has 0 unspecified atom stereocenters. The number of anilines is 3. The van der Waals surface area contributed by atoms with Gasteiger partial charge in [0.05, 0.1) is 30.1 Å². The van der Waals surface area contributed by atoms with E-state index < -0.39 is 0 Å². The van der Waals surface area contributed by atoms with Crippen molar-refractivity contribution in [1.29, 1.82) is 0 Å². The van der Waals surface area contributed by atoms with Crippen LogP contribution in [0.2, 0.25) is 5.02 Å². The van der Waals surface area contributed by atoms with Gasteiger partial charge in [0.2, 0.25) is 0 Å². The van der Waals surface area contributed by atoms with Crippen LogP contribution in [0.25, 0.3) is 22.2 Å². The number of fused-ring (bicyclic) bond motifs is 1. The summed E-state index contributed by atoms with van der Waals surface area (Å²) < 4.78 is 14.3. The quantitative estimate of drug-likeness (QED) is 0.282. The molecule has 6 rings (SSSR count). The number of aryl methyl sites for hydroxylation is 1. The van der Waals surface area contributed by atoms with Crippen LogP contribution in [0.4, 0.5) is 17.1 Å². The van der Waals surface area contributed by atoms with E-state index in [9.17, 15) is 0 Å². The van der Waals surface area contributed by atoms with Crippen molar-refractivity contribution in [3.8, 4) is 17.0 Å².